The molecule has 4 nitrogen and oxygen atoms in total. The van der Waals surface area contributed by atoms with E-state index in [1.54, 1.807) is 0 Å². The molecule has 0 saturated heterocycles. The third kappa shape index (κ3) is 3.05. The molecule has 1 aromatic rings. The molecule has 84 valence electrons. The Morgan fingerprint density at radius 3 is 2.00 bits per heavy atom. The number of hydrogen-bond donors (Lipinski definition) is 0. The number of benzene rings is 1. The number of rotatable bonds is 3. The van der Waals surface area contributed by atoms with E-state index in [0.29, 0.717) is 12.1 Å². The Bertz CT molecular complexity index is 470. The van der Waals surface area contributed by atoms with E-state index in [9.17, 15) is 17.2 Å². The van der Waals surface area contributed by atoms with Crippen LogP contribution in [0.2, 0.25) is 0 Å². The molecule has 0 spiro atoms. The van der Waals surface area contributed by atoms with Gasteiger partial charge in [0.15, 0.2) is 23.1 Å². The number of hydrogen-bond acceptors (Lipinski definition) is 4. The monoisotopic (exact) mass is 238 g/mol. The molecule has 0 fully saturated rings. The Balaban J connectivity index is 3.22. The second kappa shape index (κ2) is 4.01. The minimum Gasteiger partial charge on any atom is -0.493 e. The first-order valence-electron chi connectivity index (χ1n) is 3.76. The van der Waals surface area contributed by atoms with Gasteiger partial charge in [-0.15, -0.1) is 0 Å². The van der Waals surface area contributed by atoms with Crippen LogP contribution in [0.1, 0.15) is 0 Å². The third-order valence-corrected chi connectivity index (χ3v) is 1.93. The molecule has 0 aliphatic heterocycles. The van der Waals surface area contributed by atoms with Gasteiger partial charge in [-0.2, -0.15) is 8.42 Å². The largest absolute Gasteiger partial charge is 0.493 e. The van der Waals surface area contributed by atoms with Gasteiger partial charge in [-0.3, -0.25) is 0 Å². The number of halogens is 2. The topological polar surface area (TPSA) is 52.6 Å². The maximum Gasteiger partial charge on any atom is 0.306 e. The fourth-order valence-electron chi connectivity index (χ4n) is 0.898. The van der Waals surface area contributed by atoms with Crippen molar-refractivity contribution in [1.29, 1.82) is 0 Å². The van der Waals surface area contributed by atoms with E-state index in [0.717, 1.165) is 6.26 Å². The molecule has 0 saturated carbocycles. The van der Waals surface area contributed by atoms with Crippen molar-refractivity contribution in [2.24, 2.45) is 0 Å². The van der Waals surface area contributed by atoms with Gasteiger partial charge in [0, 0.05) is 12.1 Å². The highest BCUT2D eigenvalue weighted by Gasteiger charge is 2.15. The van der Waals surface area contributed by atoms with Crippen LogP contribution in [0.15, 0.2) is 12.1 Å². The van der Waals surface area contributed by atoms with Crippen molar-refractivity contribution >= 4 is 10.1 Å². The first kappa shape index (κ1) is 11.7. The molecule has 0 aliphatic rings. The lowest BCUT2D eigenvalue weighted by Crippen LogP contribution is -2.07. The van der Waals surface area contributed by atoms with Crippen LogP contribution in [0.3, 0.4) is 0 Å². The maximum absolute atomic E-state index is 12.8. The number of methoxy groups -OCH3 is 1. The maximum atomic E-state index is 12.8. The summed E-state index contributed by atoms with van der Waals surface area (Å²) in [5.41, 5.74) is 0. The quantitative estimate of drug-likeness (QED) is 0.745. The van der Waals surface area contributed by atoms with Gasteiger partial charge in [-0.05, 0) is 0 Å². The predicted octanol–water partition coefficient (Wildman–Crippen LogP) is 1.31. The van der Waals surface area contributed by atoms with Gasteiger partial charge < -0.3 is 8.92 Å². The molecule has 0 atom stereocenters. The number of ether oxygens (including phenoxy) is 1. The van der Waals surface area contributed by atoms with Gasteiger partial charge in [0.1, 0.15) is 0 Å². The summed E-state index contributed by atoms with van der Waals surface area (Å²) in [6.07, 6.45) is 0.785. The summed E-state index contributed by atoms with van der Waals surface area (Å²) in [7, 11) is -2.63. The van der Waals surface area contributed by atoms with Crippen molar-refractivity contribution in [2.45, 2.75) is 0 Å². The van der Waals surface area contributed by atoms with E-state index in [2.05, 4.69) is 8.92 Å². The third-order valence-electron chi connectivity index (χ3n) is 1.45. The van der Waals surface area contributed by atoms with Gasteiger partial charge in [-0.1, -0.05) is 0 Å². The summed E-state index contributed by atoms with van der Waals surface area (Å²) in [4.78, 5) is 0. The summed E-state index contributed by atoms with van der Waals surface area (Å²) in [6.45, 7) is 0. The highest BCUT2D eigenvalue weighted by Crippen LogP contribution is 2.30. The van der Waals surface area contributed by atoms with Crippen molar-refractivity contribution < 1.29 is 26.1 Å². The van der Waals surface area contributed by atoms with Crippen LogP contribution >= 0.6 is 0 Å². The van der Waals surface area contributed by atoms with Gasteiger partial charge in [-0.25, -0.2) is 8.78 Å². The summed E-state index contributed by atoms with van der Waals surface area (Å²) in [6, 6.07) is 1.31. The van der Waals surface area contributed by atoms with E-state index < -0.39 is 21.8 Å². The van der Waals surface area contributed by atoms with Crippen LogP contribution in [-0.2, 0) is 10.1 Å². The second-order valence-electron chi connectivity index (χ2n) is 2.70. The van der Waals surface area contributed by atoms with Crippen molar-refractivity contribution in [2.75, 3.05) is 13.4 Å². The highest BCUT2D eigenvalue weighted by molar-refractivity contribution is 7.86. The summed E-state index contributed by atoms with van der Waals surface area (Å²) in [5, 5.41) is 0. The molecule has 1 aromatic carbocycles. The molecular weight excluding hydrogens is 230 g/mol. The van der Waals surface area contributed by atoms with E-state index in [1.807, 2.05) is 0 Å². The van der Waals surface area contributed by atoms with E-state index >= 15 is 0 Å². The molecule has 0 bridgehead atoms. The van der Waals surface area contributed by atoms with Crippen LogP contribution in [0.4, 0.5) is 8.78 Å². The van der Waals surface area contributed by atoms with Crippen LogP contribution < -0.4 is 8.92 Å². The molecular formula is C8H8F2O4S. The standard InChI is InChI=1S/C8H8F2O4S/c1-13-7-3-5(9)6(10)4-8(7)14-15(2,11)12/h3-4H,1-2H3. The normalized spacial score (nSPS) is 11.2. The zero-order chi connectivity index (χ0) is 11.6. The lowest BCUT2D eigenvalue weighted by molar-refractivity contribution is 0.382. The first-order chi connectivity index (χ1) is 6.83. The molecule has 0 unspecified atom stereocenters. The Hall–Kier alpha value is -1.37. The molecule has 7 heteroatoms. The van der Waals surface area contributed by atoms with E-state index in [4.69, 9.17) is 0 Å². The lowest BCUT2D eigenvalue weighted by Gasteiger charge is -2.08. The van der Waals surface area contributed by atoms with Gasteiger partial charge >= 0.3 is 10.1 Å². The van der Waals surface area contributed by atoms with Crippen molar-refractivity contribution in [3.63, 3.8) is 0 Å². The van der Waals surface area contributed by atoms with Gasteiger partial charge in [0.2, 0.25) is 0 Å². The zero-order valence-corrected chi connectivity index (χ0v) is 8.77. The molecule has 0 radical (unpaired) electrons. The van der Waals surface area contributed by atoms with Crippen LogP contribution in [0.5, 0.6) is 11.5 Å². The molecule has 0 aromatic heterocycles. The van der Waals surface area contributed by atoms with Crippen molar-refractivity contribution in [1.82, 2.24) is 0 Å². The molecule has 15 heavy (non-hydrogen) atoms. The van der Waals surface area contributed by atoms with Gasteiger partial charge in [0.05, 0.1) is 13.4 Å². The minimum atomic E-state index is -3.81. The molecule has 0 aliphatic carbocycles. The van der Waals surface area contributed by atoms with E-state index in [-0.39, 0.29) is 11.5 Å². The fourth-order valence-corrected chi connectivity index (χ4v) is 1.35. The van der Waals surface area contributed by atoms with Gasteiger partial charge in [0.25, 0.3) is 0 Å². The Kier molecular flexibility index (Phi) is 3.13. The smallest absolute Gasteiger partial charge is 0.306 e. The first-order valence-corrected chi connectivity index (χ1v) is 5.57. The zero-order valence-electron chi connectivity index (χ0n) is 7.95. The van der Waals surface area contributed by atoms with Crippen molar-refractivity contribution in [3.05, 3.63) is 23.8 Å². The second-order valence-corrected chi connectivity index (χ2v) is 4.28. The average molecular weight is 238 g/mol. The van der Waals surface area contributed by atoms with Crippen LogP contribution in [-0.4, -0.2) is 21.8 Å². The van der Waals surface area contributed by atoms with Crippen LogP contribution in [0, 0.1) is 11.6 Å². The minimum absolute atomic E-state index is 0.195. The molecule has 0 N–H and O–H groups in total. The predicted molar refractivity (Wildman–Crippen MR) is 48.4 cm³/mol. The summed E-state index contributed by atoms with van der Waals surface area (Å²) >= 11 is 0. The Morgan fingerprint density at radius 1 is 1.13 bits per heavy atom. The lowest BCUT2D eigenvalue weighted by atomic mass is 10.3. The van der Waals surface area contributed by atoms with Crippen molar-refractivity contribution in [3.8, 4) is 11.5 Å². The Morgan fingerprint density at radius 2 is 1.60 bits per heavy atom. The average Bonchev–Trinajstić information content (AvgIpc) is 2.08. The summed E-state index contributed by atoms with van der Waals surface area (Å²) in [5.74, 6) is -2.94. The molecule has 0 heterocycles. The van der Waals surface area contributed by atoms with Crippen LogP contribution in [0.25, 0.3) is 0 Å². The van der Waals surface area contributed by atoms with E-state index in [1.165, 1.54) is 7.11 Å². The fraction of sp³-hybridized carbons (Fsp3) is 0.250. The SMILES string of the molecule is COc1cc(F)c(F)cc1OS(C)(=O)=O. The molecule has 0 amide bonds. The summed E-state index contributed by atoms with van der Waals surface area (Å²) < 4.78 is 56.1. The highest BCUT2D eigenvalue weighted by atomic mass is 32.2. The Labute approximate surface area is 85.6 Å². The molecule has 1 rings (SSSR count).